The summed E-state index contributed by atoms with van der Waals surface area (Å²) in [4.78, 5) is 0. The zero-order valence-corrected chi connectivity index (χ0v) is 15.1. The van der Waals surface area contributed by atoms with Crippen molar-refractivity contribution in [1.82, 2.24) is 0 Å². The Morgan fingerprint density at radius 3 is 1.00 bits per heavy atom. The molecular weight excluding hydrogens is 216 g/mol. The zero-order valence-electron chi connectivity index (χ0n) is 15.1. The molecule has 0 atom stereocenters. The molecule has 1 aromatic carbocycles. The van der Waals surface area contributed by atoms with Crippen molar-refractivity contribution in [1.29, 1.82) is 0 Å². The first kappa shape index (κ1) is 30.3. The molecular formula is C18H40. The Bertz CT molecular complexity index is 141. The van der Waals surface area contributed by atoms with E-state index < -0.39 is 0 Å². The van der Waals surface area contributed by atoms with Crippen molar-refractivity contribution in [3.8, 4) is 0 Å². The van der Waals surface area contributed by atoms with E-state index in [0.29, 0.717) is 0 Å². The number of hydrogen-bond acceptors (Lipinski definition) is 0. The number of aryl methyl sites for hydroxylation is 1. The lowest BCUT2D eigenvalue weighted by Gasteiger charge is -1.89. The van der Waals surface area contributed by atoms with Gasteiger partial charge < -0.3 is 0 Å². The van der Waals surface area contributed by atoms with Crippen molar-refractivity contribution in [2.24, 2.45) is 0 Å². The molecule has 0 saturated heterocycles. The van der Waals surface area contributed by atoms with Gasteiger partial charge in [-0.15, -0.1) is 0 Å². The van der Waals surface area contributed by atoms with Gasteiger partial charge in [-0.2, -0.15) is 0 Å². The average Bonchev–Trinajstić information content (AvgIpc) is 2.57. The maximum absolute atomic E-state index is 2.16. The summed E-state index contributed by atoms with van der Waals surface area (Å²) in [6, 6.07) is 10.5. The molecule has 0 heterocycles. The van der Waals surface area contributed by atoms with Crippen molar-refractivity contribution >= 4 is 0 Å². The number of rotatable bonds is 1. The summed E-state index contributed by atoms with van der Waals surface area (Å²) in [5, 5.41) is 0. The molecule has 0 bridgehead atoms. The Morgan fingerprint density at radius 2 is 0.833 bits per heavy atom. The van der Waals surface area contributed by atoms with E-state index in [-0.39, 0.29) is 0 Å². The summed E-state index contributed by atoms with van der Waals surface area (Å²) >= 11 is 0. The van der Waals surface area contributed by atoms with E-state index in [1.807, 2.05) is 75.3 Å². The highest BCUT2D eigenvalue weighted by atomic mass is 13.9. The molecule has 0 spiro atoms. The minimum absolute atomic E-state index is 1.14. The Morgan fingerprint density at radius 1 is 0.556 bits per heavy atom. The predicted octanol–water partition coefficient (Wildman–Crippen LogP) is 7.38. The van der Waals surface area contributed by atoms with Crippen LogP contribution in [0.25, 0.3) is 0 Å². The lowest BCUT2D eigenvalue weighted by atomic mass is 10.2. The first-order valence-corrected chi connectivity index (χ1v) is 7.97. The van der Waals surface area contributed by atoms with Gasteiger partial charge in [-0.1, -0.05) is 106 Å². The van der Waals surface area contributed by atoms with Crippen LogP contribution in [0.1, 0.15) is 81.7 Å². The monoisotopic (exact) mass is 256 g/mol. The Kier molecular flexibility index (Phi) is 93.7. The Hall–Kier alpha value is -0.780. The van der Waals surface area contributed by atoms with Crippen LogP contribution in [0.4, 0.5) is 0 Å². The quantitative estimate of drug-likeness (QED) is 0.491. The van der Waals surface area contributed by atoms with Crippen LogP contribution in [-0.2, 0) is 6.42 Å². The van der Waals surface area contributed by atoms with Crippen LogP contribution in [0.15, 0.2) is 30.3 Å². The van der Waals surface area contributed by atoms with E-state index in [1.54, 1.807) is 0 Å². The fraction of sp³-hybridized carbons (Fsp3) is 0.667. The van der Waals surface area contributed by atoms with Crippen molar-refractivity contribution in [3.63, 3.8) is 0 Å². The summed E-state index contributed by atoms with van der Waals surface area (Å²) in [6.45, 7) is 22.2. The highest BCUT2D eigenvalue weighted by Crippen LogP contribution is 1.96. The molecule has 0 nitrogen and oxygen atoms in total. The molecule has 0 radical (unpaired) electrons. The molecule has 0 aliphatic heterocycles. The van der Waals surface area contributed by atoms with E-state index >= 15 is 0 Å². The standard InChI is InChI=1S/C8H10.5C2H6/c1-2-8-6-4-3-5-7-8;5*1-2/h3-7H,2H2,1H3;5*1-2H3. The highest BCUT2D eigenvalue weighted by molar-refractivity contribution is 5.13. The highest BCUT2D eigenvalue weighted by Gasteiger charge is 1.79. The van der Waals surface area contributed by atoms with Gasteiger partial charge in [0.25, 0.3) is 0 Å². The number of hydrogen-bond donors (Lipinski definition) is 0. The maximum atomic E-state index is 2.16. The molecule has 0 unspecified atom stereocenters. The Balaban J connectivity index is -0.0000000482. The van der Waals surface area contributed by atoms with Gasteiger partial charge in [-0.25, -0.2) is 0 Å². The van der Waals surface area contributed by atoms with Gasteiger partial charge in [0.1, 0.15) is 0 Å². The predicted molar refractivity (Wildman–Crippen MR) is 92.6 cm³/mol. The molecule has 0 amide bonds. The zero-order chi connectivity index (χ0) is 15.8. The molecule has 0 fully saturated rings. The minimum Gasteiger partial charge on any atom is -0.0683 e. The van der Waals surface area contributed by atoms with E-state index in [4.69, 9.17) is 0 Å². The summed E-state index contributed by atoms with van der Waals surface area (Å²) in [6.07, 6.45) is 1.14. The van der Waals surface area contributed by atoms with Gasteiger partial charge in [-0.05, 0) is 12.0 Å². The second-order valence-corrected chi connectivity index (χ2v) is 1.84. The van der Waals surface area contributed by atoms with Crippen LogP contribution in [0, 0.1) is 0 Å². The molecule has 0 aliphatic carbocycles. The third kappa shape index (κ3) is 36.2. The SMILES string of the molecule is CC.CC.CC.CC.CC.CCc1ccccc1. The lowest BCUT2D eigenvalue weighted by Crippen LogP contribution is -1.73. The molecule has 0 heteroatoms. The van der Waals surface area contributed by atoms with E-state index in [0.717, 1.165) is 6.42 Å². The van der Waals surface area contributed by atoms with Crippen molar-refractivity contribution < 1.29 is 0 Å². The fourth-order valence-corrected chi connectivity index (χ4v) is 0.714. The molecule has 1 aromatic rings. The average molecular weight is 257 g/mol. The lowest BCUT2D eigenvalue weighted by molar-refractivity contribution is 1.14. The molecule has 18 heavy (non-hydrogen) atoms. The smallest absolute Gasteiger partial charge is 0.0307 e. The summed E-state index contributed by atoms with van der Waals surface area (Å²) in [7, 11) is 0. The first-order chi connectivity index (χ1) is 8.93. The molecule has 0 saturated carbocycles. The topological polar surface area (TPSA) is 0 Å². The molecule has 1 rings (SSSR count). The normalized spacial score (nSPS) is 5.72. The molecule has 0 aromatic heterocycles. The van der Waals surface area contributed by atoms with Crippen LogP contribution < -0.4 is 0 Å². The summed E-state index contributed by atoms with van der Waals surface area (Å²) in [5.41, 5.74) is 1.41. The van der Waals surface area contributed by atoms with Crippen LogP contribution in [0.2, 0.25) is 0 Å². The fourth-order valence-electron chi connectivity index (χ4n) is 0.714. The van der Waals surface area contributed by atoms with Crippen LogP contribution in [0.3, 0.4) is 0 Å². The third-order valence-electron chi connectivity index (χ3n) is 1.25. The maximum Gasteiger partial charge on any atom is -0.0307 e. The van der Waals surface area contributed by atoms with Crippen molar-refractivity contribution in [2.45, 2.75) is 82.6 Å². The van der Waals surface area contributed by atoms with Gasteiger partial charge in [0.05, 0.1) is 0 Å². The molecule has 0 aliphatic rings. The van der Waals surface area contributed by atoms with E-state index in [9.17, 15) is 0 Å². The van der Waals surface area contributed by atoms with Crippen LogP contribution in [-0.4, -0.2) is 0 Å². The van der Waals surface area contributed by atoms with Gasteiger partial charge in [0.15, 0.2) is 0 Å². The van der Waals surface area contributed by atoms with Gasteiger partial charge >= 0.3 is 0 Å². The van der Waals surface area contributed by atoms with Gasteiger partial charge in [-0.3, -0.25) is 0 Å². The minimum atomic E-state index is 1.14. The van der Waals surface area contributed by atoms with Crippen molar-refractivity contribution in [3.05, 3.63) is 35.9 Å². The molecule has 112 valence electrons. The second-order valence-electron chi connectivity index (χ2n) is 1.84. The largest absolute Gasteiger partial charge is 0.0683 e. The van der Waals surface area contributed by atoms with E-state index in [1.165, 1.54) is 5.56 Å². The van der Waals surface area contributed by atoms with Crippen LogP contribution >= 0.6 is 0 Å². The summed E-state index contributed by atoms with van der Waals surface area (Å²) in [5.74, 6) is 0. The van der Waals surface area contributed by atoms with Crippen molar-refractivity contribution in [2.75, 3.05) is 0 Å². The Labute approximate surface area is 119 Å². The van der Waals surface area contributed by atoms with E-state index in [2.05, 4.69) is 31.2 Å². The van der Waals surface area contributed by atoms with Gasteiger partial charge in [0.2, 0.25) is 0 Å². The van der Waals surface area contributed by atoms with Gasteiger partial charge in [0, 0.05) is 0 Å². The van der Waals surface area contributed by atoms with Crippen LogP contribution in [0.5, 0.6) is 0 Å². The third-order valence-corrected chi connectivity index (χ3v) is 1.25. The number of benzene rings is 1. The second kappa shape index (κ2) is 55.6. The molecule has 0 N–H and O–H groups in total. The summed E-state index contributed by atoms with van der Waals surface area (Å²) < 4.78 is 0. The first-order valence-electron chi connectivity index (χ1n) is 7.97.